The largest absolute Gasteiger partial charge is 0.465 e. The molecule has 1 heterocycles. The summed E-state index contributed by atoms with van der Waals surface area (Å²) in [5.41, 5.74) is 1.57. The number of rotatable bonds is 4. The Kier molecular flexibility index (Phi) is 5.32. The molecule has 154 valence electrons. The number of carbonyl (C=O) groups excluding carboxylic acids is 3. The number of methoxy groups -OCH3 is 1. The summed E-state index contributed by atoms with van der Waals surface area (Å²) < 4.78 is 28.6. The van der Waals surface area contributed by atoms with Crippen LogP contribution in [-0.4, -0.2) is 24.8 Å². The van der Waals surface area contributed by atoms with Gasteiger partial charge in [0.1, 0.15) is 17.3 Å². The Morgan fingerprint density at radius 2 is 1.55 bits per heavy atom. The lowest BCUT2D eigenvalue weighted by Gasteiger charge is -2.05. The van der Waals surface area contributed by atoms with Crippen LogP contribution in [0.2, 0.25) is 0 Å². The normalized spacial score (nSPS) is 13.5. The molecule has 1 aliphatic rings. The van der Waals surface area contributed by atoms with E-state index in [0.29, 0.717) is 16.7 Å². The van der Waals surface area contributed by atoms with Crippen LogP contribution in [0.3, 0.4) is 0 Å². The lowest BCUT2D eigenvalue weighted by molar-refractivity contribution is 0.0600. The summed E-state index contributed by atoms with van der Waals surface area (Å²) in [5.74, 6) is -1.35. The van der Waals surface area contributed by atoms with Crippen molar-refractivity contribution >= 4 is 23.8 Å². The van der Waals surface area contributed by atoms with E-state index >= 15 is 0 Å². The molecule has 0 aliphatic carbocycles. The molecule has 0 saturated heterocycles. The van der Waals surface area contributed by atoms with Gasteiger partial charge in [0.05, 0.1) is 23.8 Å². The number of fused-ring (bicyclic) bond motifs is 1. The predicted molar refractivity (Wildman–Crippen MR) is 109 cm³/mol. The number of Topliss-reactive ketones (excluding diaryl/α,β-unsaturated/α-hetero) is 1. The molecule has 0 fully saturated rings. The quantitative estimate of drug-likeness (QED) is 0.354. The van der Waals surface area contributed by atoms with Crippen molar-refractivity contribution in [2.24, 2.45) is 0 Å². The van der Waals surface area contributed by atoms with E-state index < -0.39 is 17.8 Å². The summed E-state index contributed by atoms with van der Waals surface area (Å²) in [7, 11) is 1.30. The Morgan fingerprint density at radius 3 is 2.23 bits per heavy atom. The number of allylic oxidation sites excluding steroid dienone is 1. The van der Waals surface area contributed by atoms with Crippen LogP contribution in [0.5, 0.6) is 11.5 Å². The molecule has 0 aromatic heterocycles. The van der Waals surface area contributed by atoms with E-state index in [2.05, 4.69) is 4.74 Å². The standard InChI is InChI=1S/C24H15FO6/c1-29-23(27)15-4-2-14(3-5-15)12-21-22(26)19-11-10-18(13-20(19)31-21)30-24(28)16-6-8-17(25)9-7-16/h2-13H,1H3. The molecular weight excluding hydrogens is 403 g/mol. The number of hydrogen-bond acceptors (Lipinski definition) is 6. The third-order valence-electron chi connectivity index (χ3n) is 4.56. The summed E-state index contributed by atoms with van der Waals surface area (Å²) >= 11 is 0. The second-order valence-corrected chi connectivity index (χ2v) is 6.61. The van der Waals surface area contributed by atoms with Crippen LogP contribution in [0.4, 0.5) is 4.39 Å². The number of hydrogen-bond donors (Lipinski definition) is 0. The first-order valence-electron chi connectivity index (χ1n) is 9.19. The van der Waals surface area contributed by atoms with Crippen LogP contribution in [0.15, 0.2) is 72.5 Å². The average Bonchev–Trinajstić information content (AvgIpc) is 3.08. The molecule has 0 atom stereocenters. The lowest BCUT2D eigenvalue weighted by Crippen LogP contribution is -2.08. The minimum Gasteiger partial charge on any atom is -0.465 e. The maximum absolute atomic E-state index is 13.0. The van der Waals surface area contributed by atoms with E-state index in [4.69, 9.17) is 9.47 Å². The van der Waals surface area contributed by atoms with E-state index in [-0.39, 0.29) is 28.6 Å². The van der Waals surface area contributed by atoms with E-state index in [1.807, 2.05) is 0 Å². The molecule has 0 amide bonds. The first-order valence-corrected chi connectivity index (χ1v) is 9.19. The second-order valence-electron chi connectivity index (χ2n) is 6.61. The minimum atomic E-state index is -0.661. The van der Waals surface area contributed by atoms with Crippen molar-refractivity contribution in [1.82, 2.24) is 0 Å². The van der Waals surface area contributed by atoms with Gasteiger partial charge in [-0.3, -0.25) is 4.79 Å². The van der Waals surface area contributed by atoms with Crippen LogP contribution in [0, 0.1) is 5.82 Å². The minimum absolute atomic E-state index is 0.0998. The van der Waals surface area contributed by atoms with Crippen molar-refractivity contribution < 1.29 is 33.0 Å². The first-order chi connectivity index (χ1) is 14.9. The molecule has 3 aromatic rings. The third-order valence-corrected chi connectivity index (χ3v) is 4.56. The molecule has 0 spiro atoms. The molecule has 7 heteroatoms. The van der Waals surface area contributed by atoms with Crippen molar-refractivity contribution in [3.8, 4) is 11.5 Å². The van der Waals surface area contributed by atoms with Crippen molar-refractivity contribution in [3.05, 3.63) is 101 Å². The molecule has 3 aromatic carbocycles. The molecule has 31 heavy (non-hydrogen) atoms. The predicted octanol–water partition coefficient (Wildman–Crippen LogP) is 4.45. The maximum Gasteiger partial charge on any atom is 0.343 e. The summed E-state index contributed by atoms with van der Waals surface area (Å²) in [6.07, 6.45) is 1.55. The first kappa shape index (κ1) is 20.0. The van der Waals surface area contributed by atoms with Gasteiger partial charge in [-0.25, -0.2) is 14.0 Å². The monoisotopic (exact) mass is 418 g/mol. The van der Waals surface area contributed by atoms with Crippen molar-refractivity contribution in [2.45, 2.75) is 0 Å². The Hall–Kier alpha value is -4.26. The third kappa shape index (κ3) is 4.20. The Labute approximate surface area is 176 Å². The van der Waals surface area contributed by atoms with Crippen LogP contribution in [0.25, 0.3) is 6.08 Å². The number of benzene rings is 3. The zero-order chi connectivity index (χ0) is 22.0. The van der Waals surface area contributed by atoms with Gasteiger partial charge in [-0.15, -0.1) is 0 Å². The van der Waals surface area contributed by atoms with Crippen LogP contribution < -0.4 is 9.47 Å². The molecule has 0 saturated carbocycles. The highest BCUT2D eigenvalue weighted by atomic mass is 19.1. The van der Waals surface area contributed by atoms with Gasteiger partial charge < -0.3 is 14.2 Å². The van der Waals surface area contributed by atoms with Crippen LogP contribution in [-0.2, 0) is 4.74 Å². The van der Waals surface area contributed by atoms with E-state index in [1.54, 1.807) is 30.3 Å². The summed E-state index contributed by atoms with van der Waals surface area (Å²) in [6.45, 7) is 0. The summed E-state index contributed by atoms with van der Waals surface area (Å²) in [4.78, 5) is 36.3. The number of halogens is 1. The fourth-order valence-corrected chi connectivity index (χ4v) is 2.97. The van der Waals surface area contributed by atoms with Gasteiger partial charge in [-0.1, -0.05) is 12.1 Å². The summed E-state index contributed by atoms with van der Waals surface area (Å²) in [5, 5.41) is 0. The summed E-state index contributed by atoms with van der Waals surface area (Å²) in [6, 6.07) is 15.9. The fourth-order valence-electron chi connectivity index (χ4n) is 2.97. The van der Waals surface area contributed by atoms with Crippen molar-refractivity contribution in [3.63, 3.8) is 0 Å². The molecule has 1 aliphatic heterocycles. The molecule has 0 radical (unpaired) electrons. The molecule has 0 bridgehead atoms. The molecular formula is C24H15FO6. The van der Waals surface area contributed by atoms with Gasteiger partial charge in [0.25, 0.3) is 0 Å². The van der Waals surface area contributed by atoms with Gasteiger partial charge >= 0.3 is 11.9 Å². The maximum atomic E-state index is 13.0. The molecule has 0 unspecified atom stereocenters. The lowest BCUT2D eigenvalue weighted by atomic mass is 10.1. The Bertz CT molecular complexity index is 1210. The molecule has 6 nitrogen and oxygen atoms in total. The average molecular weight is 418 g/mol. The van der Waals surface area contributed by atoms with Crippen LogP contribution in [0.1, 0.15) is 36.6 Å². The van der Waals surface area contributed by atoms with Crippen molar-refractivity contribution in [2.75, 3.05) is 7.11 Å². The topological polar surface area (TPSA) is 78.9 Å². The molecule has 4 rings (SSSR count). The SMILES string of the molecule is COC(=O)c1ccc(C=C2Oc3cc(OC(=O)c4ccc(F)cc4)ccc3C2=O)cc1. The highest BCUT2D eigenvalue weighted by Gasteiger charge is 2.28. The van der Waals surface area contributed by atoms with Crippen molar-refractivity contribution in [1.29, 1.82) is 0 Å². The zero-order valence-electron chi connectivity index (χ0n) is 16.3. The fraction of sp³-hybridized carbons (Fsp3) is 0.0417. The number of ketones is 1. The van der Waals surface area contributed by atoms with E-state index in [9.17, 15) is 18.8 Å². The van der Waals surface area contributed by atoms with Gasteiger partial charge in [-0.2, -0.15) is 0 Å². The van der Waals surface area contributed by atoms with E-state index in [1.165, 1.54) is 37.4 Å². The Balaban J connectivity index is 1.51. The molecule has 0 N–H and O–H groups in total. The highest BCUT2D eigenvalue weighted by molar-refractivity contribution is 6.14. The smallest absolute Gasteiger partial charge is 0.343 e. The zero-order valence-corrected chi connectivity index (χ0v) is 16.3. The number of esters is 2. The number of carbonyl (C=O) groups is 3. The highest BCUT2D eigenvalue weighted by Crippen LogP contribution is 2.35. The van der Waals surface area contributed by atoms with Gasteiger partial charge in [-0.05, 0) is 60.2 Å². The van der Waals surface area contributed by atoms with Crippen LogP contribution >= 0.6 is 0 Å². The second kappa shape index (κ2) is 8.23. The van der Waals surface area contributed by atoms with Gasteiger partial charge in [0.15, 0.2) is 5.76 Å². The Morgan fingerprint density at radius 1 is 0.903 bits per heavy atom. The van der Waals surface area contributed by atoms with Gasteiger partial charge in [0, 0.05) is 6.07 Å². The van der Waals surface area contributed by atoms with Gasteiger partial charge in [0.2, 0.25) is 5.78 Å². The number of ether oxygens (including phenoxy) is 3. The van der Waals surface area contributed by atoms with E-state index in [0.717, 1.165) is 12.1 Å².